The molecule has 5 heteroatoms. The van der Waals surface area contributed by atoms with Crippen molar-refractivity contribution < 1.29 is 9.18 Å². The minimum absolute atomic E-state index is 0.170. The molecule has 0 saturated heterocycles. The van der Waals surface area contributed by atoms with Crippen LogP contribution in [0.25, 0.3) is 0 Å². The van der Waals surface area contributed by atoms with Gasteiger partial charge in [0.15, 0.2) is 0 Å². The Labute approximate surface area is 127 Å². The van der Waals surface area contributed by atoms with Crippen molar-refractivity contribution >= 4 is 27.5 Å². The Morgan fingerprint density at radius 1 is 1.40 bits per heavy atom. The van der Waals surface area contributed by atoms with Crippen molar-refractivity contribution in [1.82, 2.24) is 0 Å². The quantitative estimate of drug-likeness (QED) is 0.873. The van der Waals surface area contributed by atoms with E-state index in [9.17, 15) is 9.18 Å². The first-order valence-corrected chi connectivity index (χ1v) is 7.87. The van der Waals surface area contributed by atoms with Gasteiger partial charge in [0, 0.05) is 4.47 Å². The number of carbonyl (C=O) groups is 1. The van der Waals surface area contributed by atoms with E-state index >= 15 is 0 Å². The van der Waals surface area contributed by atoms with Crippen molar-refractivity contribution in [2.24, 2.45) is 11.7 Å². The second-order valence-electron chi connectivity index (χ2n) is 5.46. The van der Waals surface area contributed by atoms with Crippen molar-refractivity contribution in [2.45, 2.75) is 44.6 Å². The molecule has 1 aromatic carbocycles. The summed E-state index contributed by atoms with van der Waals surface area (Å²) in [5.41, 5.74) is 6.11. The van der Waals surface area contributed by atoms with E-state index in [1.54, 1.807) is 12.1 Å². The van der Waals surface area contributed by atoms with Gasteiger partial charge in [-0.05, 0) is 30.5 Å². The predicted octanol–water partition coefficient (Wildman–Crippen LogP) is 3.82. The van der Waals surface area contributed by atoms with Crippen LogP contribution in [0.15, 0.2) is 22.7 Å². The number of anilines is 1. The van der Waals surface area contributed by atoms with Gasteiger partial charge >= 0.3 is 0 Å². The van der Waals surface area contributed by atoms with Crippen molar-refractivity contribution in [3.63, 3.8) is 0 Å². The van der Waals surface area contributed by atoms with Gasteiger partial charge in [-0.1, -0.05) is 48.0 Å². The molecule has 110 valence electrons. The van der Waals surface area contributed by atoms with Crippen LogP contribution in [0.3, 0.4) is 0 Å². The first-order chi connectivity index (χ1) is 9.56. The predicted molar refractivity (Wildman–Crippen MR) is 81.9 cm³/mol. The van der Waals surface area contributed by atoms with Crippen LogP contribution in [0, 0.1) is 11.7 Å². The third-order valence-corrected chi connectivity index (χ3v) is 4.33. The van der Waals surface area contributed by atoms with E-state index in [0.717, 1.165) is 17.3 Å². The lowest BCUT2D eigenvalue weighted by Crippen LogP contribution is -2.37. The topological polar surface area (TPSA) is 55.1 Å². The van der Waals surface area contributed by atoms with Gasteiger partial charge in [-0.15, -0.1) is 0 Å². The Morgan fingerprint density at radius 3 is 2.80 bits per heavy atom. The molecule has 0 heterocycles. The maximum atomic E-state index is 13.6. The van der Waals surface area contributed by atoms with Crippen LogP contribution < -0.4 is 11.1 Å². The fraction of sp³-hybridized carbons (Fsp3) is 0.533. The molecular formula is C15H20BrFN2O. The first-order valence-electron chi connectivity index (χ1n) is 7.08. The molecule has 1 aliphatic carbocycles. The summed E-state index contributed by atoms with van der Waals surface area (Å²) < 4.78 is 14.3. The number of nitrogens with one attached hydrogen (secondary N) is 1. The van der Waals surface area contributed by atoms with Crippen LogP contribution >= 0.6 is 15.9 Å². The van der Waals surface area contributed by atoms with Gasteiger partial charge in [0.1, 0.15) is 5.82 Å². The van der Waals surface area contributed by atoms with Crippen LogP contribution in [-0.2, 0) is 4.79 Å². The average molecular weight is 343 g/mol. The summed E-state index contributed by atoms with van der Waals surface area (Å²) in [6.07, 6.45) is 6.69. The number of rotatable bonds is 4. The molecule has 1 aliphatic rings. The van der Waals surface area contributed by atoms with E-state index in [1.165, 1.54) is 25.3 Å². The third kappa shape index (κ3) is 4.28. The van der Waals surface area contributed by atoms with E-state index in [0.29, 0.717) is 12.3 Å². The lowest BCUT2D eigenvalue weighted by Gasteiger charge is -2.24. The summed E-state index contributed by atoms with van der Waals surface area (Å²) in [7, 11) is 0. The Kier molecular flexibility index (Phi) is 5.54. The molecule has 1 atom stereocenters. The van der Waals surface area contributed by atoms with E-state index in [2.05, 4.69) is 21.2 Å². The Balaban J connectivity index is 1.91. The number of hydrogen-bond acceptors (Lipinski definition) is 2. The average Bonchev–Trinajstić information content (AvgIpc) is 2.44. The zero-order valence-electron chi connectivity index (χ0n) is 11.4. The maximum Gasteiger partial charge on any atom is 0.241 e. The largest absolute Gasteiger partial charge is 0.322 e. The molecule has 3 nitrogen and oxygen atoms in total. The van der Waals surface area contributed by atoms with Crippen LogP contribution in [-0.4, -0.2) is 11.9 Å². The normalized spacial score (nSPS) is 17.8. The number of hydrogen-bond donors (Lipinski definition) is 2. The van der Waals surface area contributed by atoms with E-state index in [4.69, 9.17) is 5.73 Å². The minimum atomic E-state index is -0.573. The van der Waals surface area contributed by atoms with E-state index < -0.39 is 11.9 Å². The molecule has 1 unspecified atom stereocenters. The highest BCUT2D eigenvalue weighted by atomic mass is 79.9. The molecule has 1 saturated carbocycles. The summed E-state index contributed by atoms with van der Waals surface area (Å²) in [4.78, 5) is 12.0. The molecular weight excluding hydrogens is 323 g/mol. The molecule has 0 aromatic heterocycles. The third-order valence-electron chi connectivity index (χ3n) is 3.84. The van der Waals surface area contributed by atoms with Gasteiger partial charge < -0.3 is 11.1 Å². The standard InChI is InChI=1S/C15H20BrFN2O/c16-11-6-7-12(17)14(9-11)19-15(20)13(18)8-10-4-2-1-3-5-10/h6-7,9-10,13H,1-5,8,18H2,(H,19,20). The molecule has 1 aromatic rings. The summed E-state index contributed by atoms with van der Waals surface area (Å²) in [6, 6.07) is 3.87. The van der Waals surface area contributed by atoms with Crippen molar-refractivity contribution in [1.29, 1.82) is 0 Å². The molecule has 1 amide bonds. The lowest BCUT2D eigenvalue weighted by atomic mass is 9.85. The van der Waals surface area contributed by atoms with Crippen LogP contribution in [0.2, 0.25) is 0 Å². The Morgan fingerprint density at radius 2 is 2.10 bits per heavy atom. The number of carbonyl (C=O) groups excluding carboxylic acids is 1. The Hall–Kier alpha value is -0.940. The summed E-state index contributed by atoms with van der Waals surface area (Å²) in [5, 5.41) is 2.57. The zero-order chi connectivity index (χ0) is 14.5. The molecule has 3 N–H and O–H groups in total. The molecule has 0 radical (unpaired) electrons. The zero-order valence-corrected chi connectivity index (χ0v) is 13.0. The van der Waals surface area contributed by atoms with Gasteiger partial charge in [0.05, 0.1) is 11.7 Å². The van der Waals surface area contributed by atoms with Gasteiger partial charge in [-0.2, -0.15) is 0 Å². The van der Waals surface area contributed by atoms with Crippen molar-refractivity contribution in [2.75, 3.05) is 5.32 Å². The van der Waals surface area contributed by atoms with E-state index in [-0.39, 0.29) is 11.6 Å². The highest BCUT2D eigenvalue weighted by Gasteiger charge is 2.21. The van der Waals surface area contributed by atoms with Crippen LogP contribution in [0.5, 0.6) is 0 Å². The van der Waals surface area contributed by atoms with Crippen LogP contribution in [0.4, 0.5) is 10.1 Å². The van der Waals surface area contributed by atoms with Gasteiger partial charge in [0.2, 0.25) is 5.91 Å². The first kappa shape index (κ1) is 15.4. The van der Waals surface area contributed by atoms with Gasteiger partial charge in [-0.3, -0.25) is 4.79 Å². The van der Waals surface area contributed by atoms with E-state index in [1.807, 2.05) is 0 Å². The monoisotopic (exact) mass is 342 g/mol. The number of amides is 1. The summed E-state index contributed by atoms with van der Waals surface area (Å²) >= 11 is 3.25. The maximum absolute atomic E-state index is 13.6. The second kappa shape index (κ2) is 7.18. The molecule has 0 bridgehead atoms. The Bertz CT molecular complexity index is 475. The van der Waals surface area contributed by atoms with Gasteiger partial charge in [-0.25, -0.2) is 4.39 Å². The minimum Gasteiger partial charge on any atom is -0.322 e. The van der Waals surface area contributed by atoms with Crippen molar-refractivity contribution in [3.05, 3.63) is 28.5 Å². The molecule has 1 fully saturated rings. The molecule has 20 heavy (non-hydrogen) atoms. The number of halogens is 2. The number of nitrogens with two attached hydrogens (primary N) is 1. The fourth-order valence-electron chi connectivity index (χ4n) is 2.71. The fourth-order valence-corrected chi connectivity index (χ4v) is 3.07. The highest BCUT2D eigenvalue weighted by Crippen LogP contribution is 2.27. The molecule has 0 aliphatic heterocycles. The molecule has 2 rings (SSSR count). The van der Waals surface area contributed by atoms with Crippen molar-refractivity contribution in [3.8, 4) is 0 Å². The lowest BCUT2D eigenvalue weighted by molar-refractivity contribution is -0.117. The molecule has 0 spiro atoms. The second-order valence-corrected chi connectivity index (χ2v) is 6.38. The van der Waals surface area contributed by atoms with Crippen LogP contribution in [0.1, 0.15) is 38.5 Å². The SMILES string of the molecule is NC(CC1CCCCC1)C(=O)Nc1cc(Br)ccc1F. The number of benzene rings is 1. The summed E-state index contributed by atoms with van der Waals surface area (Å²) in [5.74, 6) is -0.240. The smallest absolute Gasteiger partial charge is 0.241 e. The summed E-state index contributed by atoms with van der Waals surface area (Å²) in [6.45, 7) is 0. The van der Waals surface area contributed by atoms with Gasteiger partial charge in [0.25, 0.3) is 0 Å². The highest BCUT2D eigenvalue weighted by molar-refractivity contribution is 9.10.